The minimum Gasteiger partial charge on any atom is -0.280 e. The Bertz CT molecular complexity index is 155. The Balaban J connectivity index is 2.08. The predicted octanol–water partition coefficient (Wildman–Crippen LogP) is 2.33. The average molecular weight is 157 g/mol. The molecule has 1 aliphatic carbocycles. The van der Waals surface area contributed by atoms with Gasteiger partial charge < -0.3 is 0 Å². The van der Waals surface area contributed by atoms with Crippen molar-refractivity contribution >= 4 is 10.7 Å². The van der Waals surface area contributed by atoms with Crippen LogP contribution in [-0.2, 0) is 10.7 Å². The summed E-state index contributed by atoms with van der Waals surface area (Å²) in [5.74, 6) is 2.18. The molecule has 0 radical (unpaired) electrons. The Kier molecular flexibility index (Phi) is 1.81. The first-order chi connectivity index (χ1) is 4.88. The van der Waals surface area contributed by atoms with E-state index in [0.29, 0.717) is 0 Å². The van der Waals surface area contributed by atoms with Crippen LogP contribution in [-0.4, -0.2) is 11.0 Å². The van der Waals surface area contributed by atoms with Crippen molar-refractivity contribution < 1.29 is 0 Å². The van der Waals surface area contributed by atoms with E-state index in [1.165, 1.54) is 37.9 Å². The zero-order chi connectivity index (χ0) is 6.97. The van der Waals surface area contributed by atoms with E-state index in [2.05, 4.69) is 0 Å². The summed E-state index contributed by atoms with van der Waals surface area (Å²) in [5, 5.41) is 0.828. The van der Waals surface area contributed by atoms with Crippen molar-refractivity contribution in [3.8, 4) is 0 Å². The van der Waals surface area contributed by atoms with E-state index >= 15 is 0 Å². The molecule has 3 atom stereocenters. The summed E-state index contributed by atoms with van der Waals surface area (Å²) in [6.07, 6.45) is 7.03. The molecule has 2 fully saturated rings. The van der Waals surface area contributed by atoms with Gasteiger partial charge in [-0.25, -0.2) is 0 Å². The summed E-state index contributed by atoms with van der Waals surface area (Å²) in [7, 11) is 0.0606. The Morgan fingerprint density at radius 3 is 2.70 bits per heavy atom. The normalized spacial score (nSPS) is 47.0. The number of fused-ring (bicyclic) bond motifs is 1. The molecular formula is C8H15NS. The fourth-order valence-electron chi connectivity index (χ4n) is 2.31. The van der Waals surface area contributed by atoms with Gasteiger partial charge in [0.25, 0.3) is 0 Å². The topological polar surface area (TPSA) is 23.9 Å². The molecule has 2 heteroatoms. The number of rotatable bonds is 0. The molecule has 2 rings (SSSR count). The van der Waals surface area contributed by atoms with Crippen LogP contribution in [0.25, 0.3) is 0 Å². The maximum absolute atomic E-state index is 7.78. The zero-order valence-corrected chi connectivity index (χ0v) is 7.12. The molecule has 10 heavy (non-hydrogen) atoms. The van der Waals surface area contributed by atoms with Crippen LogP contribution in [0.2, 0.25) is 0 Å². The Morgan fingerprint density at radius 2 is 1.90 bits per heavy atom. The average Bonchev–Trinajstić information content (AvgIpc) is 2.34. The summed E-state index contributed by atoms with van der Waals surface area (Å²) in [6, 6.07) is 0. The zero-order valence-electron chi connectivity index (χ0n) is 6.31. The third kappa shape index (κ3) is 1.03. The van der Waals surface area contributed by atoms with E-state index in [-0.39, 0.29) is 10.7 Å². The van der Waals surface area contributed by atoms with Crippen LogP contribution in [0, 0.1) is 10.7 Å². The molecule has 1 saturated carbocycles. The lowest BCUT2D eigenvalue weighted by Crippen LogP contribution is -2.21. The molecule has 0 aromatic carbocycles. The lowest BCUT2D eigenvalue weighted by molar-refractivity contribution is 0.377. The number of nitrogens with one attached hydrogen (secondary N) is 1. The van der Waals surface area contributed by atoms with Crippen LogP contribution >= 0.6 is 0 Å². The van der Waals surface area contributed by atoms with Crippen LogP contribution in [0.4, 0.5) is 0 Å². The van der Waals surface area contributed by atoms with Crippen LogP contribution in [0.1, 0.15) is 32.1 Å². The van der Waals surface area contributed by atoms with Gasteiger partial charge in [0.05, 0.1) is 0 Å². The van der Waals surface area contributed by atoms with E-state index in [4.69, 9.17) is 4.78 Å². The highest BCUT2D eigenvalue weighted by Crippen LogP contribution is 2.36. The Hall–Kier alpha value is 0.150. The molecule has 58 valence electrons. The SMILES string of the molecule is N=S1CCC2CCCCC21. The van der Waals surface area contributed by atoms with E-state index in [1.807, 2.05) is 0 Å². The quantitative estimate of drug-likeness (QED) is 0.558. The highest BCUT2D eigenvalue weighted by molar-refractivity contribution is 7.86. The monoisotopic (exact) mass is 157 g/mol. The van der Waals surface area contributed by atoms with E-state index in [0.717, 1.165) is 11.2 Å². The smallest absolute Gasteiger partial charge is 0.0181 e. The molecule has 0 aromatic heterocycles. The molecule has 0 bridgehead atoms. The number of hydrogen-bond donors (Lipinski definition) is 1. The van der Waals surface area contributed by atoms with Gasteiger partial charge in [-0.3, -0.25) is 4.78 Å². The third-order valence-corrected chi connectivity index (χ3v) is 4.94. The van der Waals surface area contributed by atoms with E-state index in [9.17, 15) is 0 Å². The van der Waals surface area contributed by atoms with E-state index in [1.54, 1.807) is 0 Å². The summed E-state index contributed by atoms with van der Waals surface area (Å²) < 4.78 is 7.78. The van der Waals surface area contributed by atoms with Crippen molar-refractivity contribution in [2.24, 2.45) is 5.92 Å². The largest absolute Gasteiger partial charge is 0.280 e. The molecule has 1 nitrogen and oxygen atoms in total. The molecule has 1 heterocycles. The standard InChI is InChI=1S/C8H15NS/c9-10-6-5-7-3-1-2-4-8(7)10/h7-9H,1-6H2. The van der Waals surface area contributed by atoms with Crippen LogP contribution in [0.15, 0.2) is 0 Å². The summed E-state index contributed by atoms with van der Waals surface area (Å²) >= 11 is 0. The van der Waals surface area contributed by atoms with Crippen molar-refractivity contribution in [2.75, 3.05) is 5.75 Å². The van der Waals surface area contributed by atoms with Gasteiger partial charge in [0.15, 0.2) is 0 Å². The van der Waals surface area contributed by atoms with Crippen molar-refractivity contribution in [1.82, 2.24) is 0 Å². The molecule has 2 aliphatic rings. The molecule has 3 unspecified atom stereocenters. The third-order valence-electron chi connectivity index (χ3n) is 2.91. The first-order valence-corrected chi connectivity index (χ1v) is 5.74. The summed E-state index contributed by atoms with van der Waals surface area (Å²) in [4.78, 5) is 0. The lowest BCUT2D eigenvalue weighted by atomic mass is 9.87. The molecule has 1 aliphatic heterocycles. The second-order valence-electron chi connectivity index (χ2n) is 3.50. The Morgan fingerprint density at radius 1 is 1.10 bits per heavy atom. The first-order valence-electron chi connectivity index (χ1n) is 4.29. The second-order valence-corrected chi connectivity index (χ2v) is 5.38. The molecule has 1 saturated heterocycles. The van der Waals surface area contributed by atoms with Crippen molar-refractivity contribution in [3.63, 3.8) is 0 Å². The molecule has 0 aromatic rings. The van der Waals surface area contributed by atoms with Crippen LogP contribution in [0.3, 0.4) is 0 Å². The maximum Gasteiger partial charge on any atom is 0.0181 e. The van der Waals surface area contributed by atoms with Crippen LogP contribution in [0.5, 0.6) is 0 Å². The molecule has 0 spiro atoms. The highest BCUT2D eigenvalue weighted by atomic mass is 32.2. The summed E-state index contributed by atoms with van der Waals surface area (Å²) in [5.41, 5.74) is 0. The van der Waals surface area contributed by atoms with E-state index < -0.39 is 0 Å². The van der Waals surface area contributed by atoms with Crippen molar-refractivity contribution in [3.05, 3.63) is 0 Å². The minimum absolute atomic E-state index is 0.0606. The predicted molar refractivity (Wildman–Crippen MR) is 45.3 cm³/mol. The fourth-order valence-corrected chi connectivity index (χ4v) is 4.36. The fraction of sp³-hybridized carbons (Fsp3) is 1.00. The van der Waals surface area contributed by atoms with Gasteiger partial charge in [0.1, 0.15) is 0 Å². The van der Waals surface area contributed by atoms with Gasteiger partial charge in [0.2, 0.25) is 0 Å². The van der Waals surface area contributed by atoms with Gasteiger partial charge in [-0.05, 0) is 25.2 Å². The highest BCUT2D eigenvalue weighted by Gasteiger charge is 2.32. The number of hydrogen-bond acceptors (Lipinski definition) is 1. The van der Waals surface area contributed by atoms with Crippen molar-refractivity contribution in [1.29, 1.82) is 4.78 Å². The minimum atomic E-state index is 0.0606. The molecule has 0 amide bonds. The van der Waals surface area contributed by atoms with Gasteiger partial charge in [-0.2, -0.15) is 0 Å². The van der Waals surface area contributed by atoms with Gasteiger partial charge >= 0.3 is 0 Å². The van der Waals surface area contributed by atoms with Gasteiger partial charge in [0, 0.05) is 11.0 Å². The van der Waals surface area contributed by atoms with Crippen molar-refractivity contribution in [2.45, 2.75) is 37.4 Å². The summed E-state index contributed by atoms with van der Waals surface area (Å²) in [6.45, 7) is 0. The maximum atomic E-state index is 7.78. The molecular weight excluding hydrogens is 142 g/mol. The van der Waals surface area contributed by atoms with Crippen LogP contribution < -0.4 is 0 Å². The lowest BCUT2D eigenvalue weighted by Gasteiger charge is -2.24. The van der Waals surface area contributed by atoms with Gasteiger partial charge in [-0.15, -0.1) is 10.7 Å². The Labute approximate surface area is 65.1 Å². The first kappa shape index (κ1) is 6.84. The van der Waals surface area contributed by atoms with Gasteiger partial charge in [-0.1, -0.05) is 12.8 Å². The second kappa shape index (κ2) is 2.65. The molecule has 1 N–H and O–H groups in total.